The number of rotatable bonds is 5. The Morgan fingerprint density at radius 1 is 1.08 bits per heavy atom. The minimum absolute atomic E-state index is 0.0499. The number of nitrogens with zero attached hydrogens (tertiary/aromatic N) is 1. The quantitative estimate of drug-likeness (QED) is 0.792. The average molecular weight is 377 g/mol. The van der Waals surface area contributed by atoms with Crippen molar-refractivity contribution in [1.82, 2.24) is 10.2 Å². The largest absolute Gasteiger partial charge is 0.352 e. The third-order valence-electron chi connectivity index (χ3n) is 5.91. The Hall–Kier alpha value is -1.39. The van der Waals surface area contributed by atoms with Crippen LogP contribution in [-0.2, 0) is 4.79 Å². The minimum Gasteiger partial charge on any atom is -0.352 e. The van der Waals surface area contributed by atoms with Crippen molar-refractivity contribution in [3.05, 3.63) is 34.9 Å². The first-order chi connectivity index (χ1) is 12.5. The predicted octanol–water partition coefficient (Wildman–Crippen LogP) is 3.93. The van der Waals surface area contributed by atoms with Gasteiger partial charge in [0.2, 0.25) is 5.91 Å². The van der Waals surface area contributed by atoms with E-state index in [-0.39, 0.29) is 17.6 Å². The molecular formula is C21H29ClN2O2. The van der Waals surface area contributed by atoms with E-state index in [2.05, 4.69) is 17.1 Å². The Kier molecular flexibility index (Phi) is 6.71. The van der Waals surface area contributed by atoms with Gasteiger partial charge in [0, 0.05) is 22.5 Å². The number of carbonyl (C=O) groups is 2. The topological polar surface area (TPSA) is 49.4 Å². The van der Waals surface area contributed by atoms with Gasteiger partial charge in [-0.2, -0.15) is 0 Å². The molecule has 0 spiro atoms. The molecule has 4 nitrogen and oxygen atoms in total. The molecule has 1 aliphatic carbocycles. The molecule has 1 aliphatic heterocycles. The zero-order valence-electron chi connectivity index (χ0n) is 15.5. The van der Waals surface area contributed by atoms with E-state index in [1.165, 1.54) is 19.3 Å². The summed E-state index contributed by atoms with van der Waals surface area (Å²) < 4.78 is 0. The second-order valence-electron chi connectivity index (χ2n) is 7.86. The van der Waals surface area contributed by atoms with Crippen molar-refractivity contribution < 1.29 is 9.59 Å². The maximum absolute atomic E-state index is 12.6. The number of benzene rings is 1. The summed E-state index contributed by atoms with van der Waals surface area (Å²) in [6, 6.07) is 7.47. The Balaban J connectivity index is 1.44. The second-order valence-corrected chi connectivity index (χ2v) is 8.29. The molecule has 0 bridgehead atoms. The average Bonchev–Trinajstić information content (AvgIpc) is 2.64. The van der Waals surface area contributed by atoms with Gasteiger partial charge >= 0.3 is 0 Å². The standard InChI is InChI=1S/C21H29ClN2O2/c1-15-4-2-3-5-19(15)23-20(25)14-24-12-10-17(11-13-24)21(26)16-6-8-18(22)9-7-16/h6-9,15,17,19H,2-5,10-14H2,1H3,(H,23,25)/t15-,19+/m1/s1. The molecule has 0 radical (unpaired) electrons. The lowest BCUT2D eigenvalue weighted by Crippen LogP contribution is -2.47. The number of piperidine rings is 1. The number of hydrogen-bond acceptors (Lipinski definition) is 3. The molecule has 1 N–H and O–H groups in total. The monoisotopic (exact) mass is 376 g/mol. The van der Waals surface area contributed by atoms with Gasteiger partial charge in [0.1, 0.15) is 0 Å². The number of halogens is 1. The predicted molar refractivity (Wildman–Crippen MR) is 105 cm³/mol. The first kappa shape index (κ1) is 19.4. The lowest BCUT2D eigenvalue weighted by atomic mass is 9.86. The van der Waals surface area contributed by atoms with Crippen LogP contribution in [0.2, 0.25) is 5.02 Å². The Labute approximate surface area is 161 Å². The van der Waals surface area contributed by atoms with Gasteiger partial charge in [0.25, 0.3) is 0 Å². The van der Waals surface area contributed by atoms with E-state index < -0.39 is 0 Å². The molecule has 1 amide bonds. The van der Waals surface area contributed by atoms with Crippen LogP contribution in [0, 0.1) is 11.8 Å². The van der Waals surface area contributed by atoms with E-state index in [0.717, 1.165) is 37.9 Å². The summed E-state index contributed by atoms with van der Waals surface area (Å²) >= 11 is 5.89. The number of amides is 1. The highest BCUT2D eigenvalue weighted by molar-refractivity contribution is 6.30. The smallest absolute Gasteiger partial charge is 0.234 e. The fourth-order valence-electron chi connectivity index (χ4n) is 4.19. The normalized spacial score (nSPS) is 25.0. The molecular weight excluding hydrogens is 348 g/mol. The van der Waals surface area contributed by atoms with Gasteiger partial charge in [0.05, 0.1) is 6.54 Å². The van der Waals surface area contributed by atoms with Crippen molar-refractivity contribution in [2.24, 2.45) is 11.8 Å². The third-order valence-corrected chi connectivity index (χ3v) is 6.16. The van der Waals surface area contributed by atoms with E-state index in [9.17, 15) is 9.59 Å². The first-order valence-corrected chi connectivity index (χ1v) is 10.2. The summed E-state index contributed by atoms with van der Waals surface area (Å²) in [5, 5.41) is 3.87. The van der Waals surface area contributed by atoms with Gasteiger partial charge < -0.3 is 5.32 Å². The SMILES string of the molecule is C[C@@H]1CCCC[C@@H]1NC(=O)CN1CCC(C(=O)c2ccc(Cl)cc2)CC1. The van der Waals surface area contributed by atoms with Crippen molar-refractivity contribution in [3.63, 3.8) is 0 Å². The highest BCUT2D eigenvalue weighted by Crippen LogP contribution is 2.24. The van der Waals surface area contributed by atoms with E-state index in [1.54, 1.807) is 24.3 Å². The van der Waals surface area contributed by atoms with E-state index in [0.29, 0.717) is 23.5 Å². The second kappa shape index (κ2) is 9.01. The molecule has 0 unspecified atom stereocenters. The van der Waals surface area contributed by atoms with Crippen molar-refractivity contribution in [2.75, 3.05) is 19.6 Å². The van der Waals surface area contributed by atoms with Crippen LogP contribution in [0.3, 0.4) is 0 Å². The zero-order chi connectivity index (χ0) is 18.5. The van der Waals surface area contributed by atoms with Crippen LogP contribution in [0.1, 0.15) is 55.8 Å². The molecule has 26 heavy (non-hydrogen) atoms. The van der Waals surface area contributed by atoms with Crippen molar-refractivity contribution >= 4 is 23.3 Å². The van der Waals surface area contributed by atoms with Gasteiger partial charge in [-0.25, -0.2) is 0 Å². The molecule has 1 saturated heterocycles. The maximum atomic E-state index is 12.6. The molecule has 1 aromatic carbocycles. The molecule has 5 heteroatoms. The Bertz CT molecular complexity index is 623. The molecule has 1 aromatic rings. The van der Waals surface area contributed by atoms with Gasteiger partial charge in [-0.3, -0.25) is 14.5 Å². The molecule has 2 atom stereocenters. The lowest BCUT2D eigenvalue weighted by molar-refractivity contribution is -0.123. The molecule has 3 rings (SSSR count). The molecule has 1 saturated carbocycles. The van der Waals surface area contributed by atoms with Crippen LogP contribution >= 0.6 is 11.6 Å². The molecule has 2 aliphatic rings. The minimum atomic E-state index is 0.0499. The number of nitrogens with one attached hydrogen (secondary N) is 1. The van der Waals surface area contributed by atoms with Crippen LogP contribution in [0.25, 0.3) is 0 Å². The Morgan fingerprint density at radius 3 is 2.38 bits per heavy atom. The number of likely N-dealkylation sites (tertiary alicyclic amines) is 1. The summed E-state index contributed by atoms with van der Waals surface area (Å²) in [4.78, 5) is 27.1. The maximum Gasteiger partial charge on any atom is 0.234 e. The highest BCUT2D eigenvalue weighted by atomic mass is 35.5. The lowest BCUT2D eigenvalue weighted by Gasteiger charge is -2.33. The van der Waals surface area contributed by atoms with Gasteiger partial charge in [-0.05, 0) is 69.0 Å². The molecule has 1 heterocycles. The van der Waals surface area contributed by atoms with Crippen LogP contribution in [0.5, 0.6) is 0 Å². The number of Topliss-reactive ketones (excluding diaryl/α,β-unsaturated/α-hetero) is 1. The highest BCUT2D eigenvalue weighted by Gasteiger charge is 2.28. The van der Waals surface area contributed by atoms with Gasteiger partial charge in [-0.15, -0.1) is 0 Å². The number of carbonyl (C=O) groups excluding carboxylic acids is 2. The molecule has 142 valence electrons. The molecule has 2 fully saturated rings. The van der Waals surface area contributed by atoms with E-state index >= 15 is 0 Å². The van der Waals surface area contributed by atoms with Crippen LogP contribution in [0.15, 0.2) is 24.3 Å². The number of hydrogen-bond donors (Lipinski definition) is 1. The van der Waals surface area contributed by atoms with Gasteiger partial charge in [-0.1, -0.05) is 31.4 Å². The third kappa shape index (κ3) is 5.08. The Morgan fingerprint density at radius 2 is 1.73 bits per heavy atom. The first-order valence-electron chi connectivity index (χ1n) is 9.84. The fraction of sp³-hybridized carbons (Fsp3) is 0.619. The van der Waals surface area contributed by atoms with Crippen molar-refractivity contribution in [1.29, 1.82) is 0 Å². The van der Waals surface area contributed by atoms with E-state index in [1.807, 2.05) is 0 Å². The number of ketones is 1. The molecule has 0 aromatic heterocycles. The van der Waals surface area contributed by atoms with E-state index in [4.69, 9.17) is 11.6 Å². The van der Waals surface area contributed by atoms with Crippen LogP contribution in [-0.4, -0.2) is 42.3 Å². The zero-order valence-corrected chi connectivity index (χ0v) is 16.3. The summed E-state index contributed by atoms with van der Waals surface area (Å²) in [5.74, 6) is 0.956. The summed E-state index contributed by atoms with van der Waals surface area (Å²) in [7, 11) is 0. The van der Waals surface area contributed by atoms with Crippen molar-refractivity contribution in [3.8, 4) is 0 Å². The summed E-state index contributed by atoms with van der Waals surface area (Å²) in [6.07, 6.45) is 6.44. The summed E-state index contributed by atoms with van der Waals surface area (Å²) in [5.41, 5.74) is 0.733. The fourth-order valence-corrected chi connectivity index (χ4v) is 4.32. The van der Waals surface area contributed by atoms with Crippen molar-refractivity contribution in [2.45, 2.75) is 51.5 Å². The van der Waals surface area contributed by atoms with Crippen LogP contribution in [0.4, 0.5) is 0 Å². The summed E-state index contributed by atoms with van der Waals surface area (Å²) in [6.45, 7) is 4.29. The van der Waals surface area contributed by atoms with Gasteiger partial charge in [0.15, 0.2) is 5.78 Å². The van der Waals surface area contributed by atoms with Crippen LogP contribution < -0.4 is 5.32 Å².